The Bertz CT molecular complexity index is 1170. The first-order valence-electron chi connectivity index (χ1n) is 13.0. The lowest BCUT2D eigenvalue weighted by atomic mass is 9.61. The van der Waals surface area contributed by atoms with E-state index in [0.717, 1.165) is 54.9 Å². The van der Waals surface area contributed by atoms with Gasteiger partial charge >= 0.3 is 0 Å². The molecule has 1 unspecified atom stereocenters. The topological polar surface area (TPSA) is 41.6 Å². The standard InChI is InChI=1S/C29H34N2O2S2/c1-33-23-11-13-28(14-12-23)17-22-10-9-20(8-7-19-5-6-19)16-25(22)29(28)26(32)31(27(35)30-29)18-21-3-2-4-24(34)15-21/h2-4,9-10,15-16,19,23,34H,5-8,11-14,17-18H2,1H3,(H,30,35). The summed E-state index contributed by atoms with van der Waals surface area (Å²) in [5.41, 5.74) is 3.89. The maximum atomic E-state index is 14.5. The van der Waals surface area contributed by atoms with E-state index in [9.17, 15) is 4.79 Å². The second-order valence-corrected chi connectivity index (χ2v) is 12.0. The van der Waals surface area contributed by atoms with Crippen LogP contribution in [0.5, 0.6) is 0 Å². The molecule has 1 aliphatic heterocycles. The summed E-state index contributed by atoms with van der Waals surface area (Å²) in [7, 11) is 1.80. The van der Waals surface area contributed by atoms with Gasteiger partial charge in [0.05, 0.1) is 12.6 Å². The van der Waals surface area contributed by atoms with Crippen molar-refractivity contribution in [2.24, 2.45) is 11.3 Å². The number of methoxy groups -OCH3 is 1. The number of thiol groups is 1. The Hall–Kier alpha value is -1.89. The molecular weight excluding hydrogens is 472 g/mol. The monoisotopic (exact) mass is 506 g/mol. The van der Waals surface area contributed by atoms with E-state index < -0.39 is 5.54 Å². The zero-order chi connectivity index (χ0) is 24.2. The van der Waals surface area contributed by atoms with Crippen molar-refractivity contribution in [1.29, 1.82) is 0 Å². The molecule has 2 aromatic carbocycles. The number of nitrogens with zero attached hydrogens (tertiary/aromatic N) is 1. The molecule has 35 heavy (non-hydrogen) atoms. The highest BCUT2D eigenvalue weighted by Gasteiger charge is 2.67. The van der Waals surface area contributed by atoms with Crippen molar-refractivity contribution in [3.8, 4) is 0 Å². The molecule has 2 aromatic rings. The molecule has 6 rings (SSSR count). The number of aryl methyl sites for hydroxylation is 1. The summed E-state index contributed by atoms with van der Waals surface area (Å²) in [5.74, 6) is 1.01. The molecule has 184 valence electrons. The van der Waals surface area contributed by atoms with Crippen molar-refractivity contribution >= 4 is 35.9 Å². The van der Waals surface area contributed by atoms with Gasteiger partial charge in [-0.05, 0) is 97.5 Å². The van der Waals surface area contributed by atoms with E-state index in [1.54, 1.807) is 12.0 Å². The third kappa shape index (κ3) is 3.93. The van der Waals surface area contributed by atoms with E-state index in [1.165, 1.54) is 36.0 Å². The van der Waals surface area contributed by atoms with Crippen LogP contribution in [0, 0.1) is 11.3 Å². The largest absolute Gasteiger partial charge is 0.381 e. The van der Waals surface area contributed by atoms with Gasteiger partial charge in [-0.1, -0.05) is 43.2 Å². The Kier molecular flexibility index (Phi) is 5.97. The average molecular weight is 507 g/mol. The van der Waals surface area contributed by atoms with E-state index in [1.807, 2.05) is 24.3 Å². The summed E-state index contributed by atoms with van der Waals surface area (Å²) in [4.78, 5) is 17.2. The molecule has 1 saturated heterocycles. The summed E-state index contributed by atoms with van der Waals surface area (Å²) in [5, 5.41) is 4.21. The van der Waals surface area contributed by atoms with Crippen molar-refractivity contribution in [2.45, 2.75) is 80.9 Å². The number of nitrogens with one attached hydrogen (secondary N) is 1. The van der Waals surface area contributed by atoms with Crippen LogP contribution in [0.2, 0.25) is 0 Å². The second kappa shape index (κ2) is 8.89. The smallest absolute Gasteiger partial charge is 0.260 e. The number of rotatable bonds is 6. The Labute approximate surface area is 219 Å². The molecule has 4 nitrogen and oxygen atoms in total. The zero-order valence-electron chi connectivity index (χ0n) is 20.4. The Morgan fingerprint density at radius 1 is 1.11 bits per heavy atom. The van der Waals surface area contributed by atoms with Crippen molar-refractivity contribution in [3.05, 3.63) is 64.7 Å². The molecule has 0 aromatic heterocycles. The van der Waals surface area contributed by atoms with Crippen LogP contribution in [0.4, 0.5) is 0 Å². The fraction of sp³-hybridized carbons (Fsp3) is 0.517. The Balaban J connectivity index is 1.39. The molecule has 4 aliphatic rings. The molecule has 6 heteroatoms. The second-order valence-electron chi connectivity index (χ2n) is 11.1. The predicted octanol–water partition coefficient (Wildman–Crippen LogP) is 5.56. The van der Waals surface area contributed by atoms with Crippen molar-refractivity contribution in [3.63, 3.8) is 0 Å². The van der Waals surface area contributed by atoms with Crippen molar-refractivity contribution in [2.75, 3.05) is 7.11 Å². The molecule has 0 bridgehead atoms. The third-order valence-corrected chi connectivity index (χ3v) is 9.62. The van der Waals surface area contributed by atoms with Crippen molar-refractivity contribution in [1.82, 2.24) is 10.2 Å². The summed E-state index contributed by atoms with van der Waals surface area (Å²) >= 11 is 10.4. The maximum Gasteiger partial charge on any atom is 0.260 e. The molecule has 1 heterocycles. The van der Waals surface area contributed by atoms with Crippen LogP contribution in [0.1, 0.15) is 67.2 Å². The van der Waals surface area contributed by atoms with Gasteiger partial charge in [0.2, 0.25) is 0 Å². The molecule has 1 amide bonds. The van der Waals surface area contributed by atoms with Gasteiger partial charge in [-0.3, -0.25) is 9.69 Å². The SMILES string of the molecule is COC1CCC2(CC1)Cc1ccc(CCC3CC3)cc1C21NC(=S)N(Cc2cccc(S)c2)C1=O. The first-order valence-corrected chi connectivity index (χ1v) is 13.9. The average Bonchev–Trinajstić information content (AvgIpc) is 3.61. The number of fused-ring (bicyclic) bond motifs is 3. The molecule has 3 aliphatic carbocycles. The van der Waals surface area contributed by atoms with Crippen LogP contribution >= 0.6 is 24.8 Å². The van der Waals surface area contributed by atoms with Gasteiger partial charge < -0.3 is 10.1 Å². The number of hydrogen-bond acceptors (Lipinski definition) is 4. The van der Waals surface area contributed by atoms with Crippen LogP contribution in [0.25, 0.3) is 0 Å². The summed E-state index contributed by atoms with van der Waals surface area (Å²) in [6, 6.07) is 14.9. The predicted molar refractivity (Wildman–Crippen MR) is 145 cm³/mol. The van der Waals surface area contributed by atoms with E-state index in [0.29, 0.717) is 11.7 Å². The highest BCUT2D eigenvalue weighted by molar-refractivity contribution is 7.80. The molecule has 3 fully saturated rings. The lowest BCUT2D eigenvalue weighted by Gasteiger charge is -2.46. The minimum atomic E-state index is -0.785. The van der Waals surface area contributed by atoms with Gasteiger partial charge in [-0.25, -0.2) is 0 Å². The number of ether oxygens (including phenoxy) is 1. The van der Waals surface area contributed by atoms with Crippen LogP contribution in [-0.2, 0) is 34.5 Å². The van der Waals surface area contributed by atoms with E-state index >= 15 is 0 Å². The number of thiocarbonyl (C=S) groups is 1. The van der Waals surface area contributed by atoms with Gasteiger partial charge in [0.15, 0.2) is 10.7 Å². The fourth-order valence-corrected chi connectivity index (χ4v) is 7.43. The van der Waals surface area contributed by atoms with Gasteiger partial charge in [-0.15, -0.1) is 12.6 Å². The number of carbonyl (C=O) groups is 1. The maximum absolute atomic E-state index is 14.5. The minimum absolute atomic E-state index is 0.112. The van der Waals surface area contributed by atoms with Crippen LogP contribution < -0.4 is 5.32 Å². The lowest BCUT2D eigenvalue weighted by molar-refractivity contribution is -0.138. The molecule has 1 N–H and O–H groups in total. The first-order chi connectivity index (χ1) is 16.9. The summed E-state index contributed by atoms with van der Waals surface area (Å²) in [6.45, 7) is 0.467. The normalized spacial score (nSPS) is 29.8. The van der Waals surface area contributed by atoms with E-state index in [-0.39, 0.29) is 17.4 Å². The number of carbonyl (C=O) groups excluding carboxylic acids is 1. The summed E-state index contributed by atoms with van der Waals surface area (Å²) < 4.78 is 5.71. The number of benzene rings is 2. The van der Waals surface area contributed by atoms with Gasteiger partial charge in [0.1, 0.15) is 0 Å². The molecule has 0 radical (unpaired) electrons. The van der Waals surface area contributed by atoms with Gasteiger partial charge in [0, 0.05) is 17.4 Å². The molecule has 2 spiro atoms. The Morgan fingerprint density at radius 3 is 2.63 bits per heavy atom. The Morgan fingerprint density at radius 2 is 1.91 bits per heavy atom. The minimum Gasteiger partial charge on any atom is -0.381 e. The number of hydrogen-bond donors (Lipinski definition) is 2. The quantitative estimate of drug-likeness (QED) is 0.398. The lowest BCUT2D eigenvalue weighted by Crippen LogP contribution is -2.56. The highest BCUT2D eigenvalue weighted by atomic mass is 32.1. The van der Waals surface area contributed by atoms with Crippen LogP contribution in [0.15, 0.2) is 47.4 Å². The van der Waals surface area contributed by atoms with Gasteiger partial charge in [-0.2, -0.15) is 0 Å². The fourth-order valence-electron chi connectivity index (χ4n) is 6.87. The molecule has 1 atom stereocenters. The van der Waals surface area contributed by atoms with E-state index in [2.05, 4.69) is 36.1 Å². The zero-order valence-corrected chi connectivity index (χ0v) is 22.1. The van der Waals surface area contributed by atoms with Crippen molar-refractivity contribution < 1.29 is 9.53 Å². The number of amides is 1. The van der Waals surface area contributed by atoms with E-state index in [4.69, 9.17) is 17.0 Å². The van der Waals surface area contributed by atoms with Crippen LogP contribution in [-0.4, -0.2) is 29.1 Å². The molecular formula is C29H34N2O2S2. The van der Waals surface area contributed by atoms with Gasteiger partial charge in [0.25, 0.3) is 5.91 Å². The van der Waals surface area contributed by atoms with Crippen LogP contribution in [0.3, 0.4) is 0 Å². The third-order valence-electron chi connectivity index (χ3n) is 9.02. The first kappa shape index (κ1) is 23.5. The molecule has 2 saturated carbocycles. The summed E-state index contributed by atoms with van der Waals surface area (Å²) in [6.07, 6.45) is 10.1. The highest BCUT2D eigenvalue weighted by Crippen LogP contribution is 2.60.